The van der Waals surface area contributed by atoms with Crippen molar-refractivity contribution in [3.63, 3.8) is 0 Å². The Labute approximate surface area is 185 Å². The molecule has 1 aliphatic heterocycles. The van der Waals surface area contributed by atoms with E-state index in [9.17, 15) is 13.2 Å². The van der Waals surface area contributed by atoms with Crippen LogP contribution in [0.1, 0.15) is 18.4 Å². The summed E-state index contributed by atoms with van der Waals surface area (Å²) in [5, 5.41) is 2.76. The number of nitrogens with zero attached hydrogens (tertiary/aromatic N) is 1. The van der Waals surface area contributed by atoms with Crippen LogP contribution in [-0.2, 0) is 19.6 Å². The number of ether oxygens (including phenoxy) is 2. The normalized spacial score (nSPS) is 16.6. The minimum atomic E-state index is -3.78. The van der Waals surface area contributed by atoms with E-state index in [0.717, 1.165) is 33.8 Å². The molecular weight excluding hydrogens is 472 g/mol. The van der Waals surface area contributed by atoms with Crippen LogP contribution in [0.5, 0.6) is 5.75 Å². The van der Waals surface area contributed by atoms with Gasteiger partial charge in [0.1, 0.15) is 12.4 Å². The van der Waals surface area contributed by atoms with Crippen LogP contribution >= 0.6 is 15.9 Å². The molecule has 0 saturated carbocycles. The molecule has 1 aliphatic rings. The summed E-state index contributed by atoms with van der Waals surface area (Å²) in [6, 6.07) is 11.7. The number of anilines is 1. The van der Waals surface area contributed by atoms with Crippen LogP contribution in [0.25, 0.3) is 0 Å². The quantitative estimate of drug-likeness (QED) is 0.603. The summed E-state index contributed by atoms with van der Waals surface area (Å²) >= 11 is 3.28. The van der Waals surface area contributed by atoms with Crippen LogP contribution in [0.3, 0.4) is 0 Å². The van der Waals surface area contributed by atoms with Crippen molar-refractivity contribution < 1.29 is 22.7 Å². The maximum Gasteiger partial charge on any atom is 0.243 e. The fraction of sp³-hybridized carbons (Fsp3) is 0.381. The number of hydrogen-bond donors (Lipinski definition) is 1. The molecule has 1 N–H and O–H groups in total. The lowest BCUT2D eigenvalue weighted by Gasteiger charge is -2.19. The van der Waals surface area contributed by atoms with Crippen molar-refractivity contribution in [2.24, 2.45) is 0 Å². The van der Waals surface area contributed by atoms with Gasteiger partial charge in [-0.1, -0.05) is 22.0 Å². The van der Waals surface area contributed by atoms with Gasteiger partial charge in [0, 0.05) is 18.1 Å². The maximum absolute atomic E-state index is 12.7. The molecule has 1 heterocycles. The molecule has 1 unspecified atom stereocenters. The number of amides is 1. The van der Waals surface area contributed by atoms with E-state index < -0.39 is 15.9 Å². The third-order valence-corrected chi connectivity index (χ3v) is 7.09. The highest BCUT2D eigenvalue weighted by molar-refractivity contribution is 9.10. The first-order valence-electron chi connectivity index (χ1n) is 9.62. The zero-order chi connectivity index (χ0) is 21.7. The SMILES string of the molecule is Cc1ccc(NC(=O)CN(C)S(=O)(=O)c2ccc(Br)cc2)c(OCC2CCCO2)c1. The smallest absolute Gasteiger partial charge is 0.243 e. The van der Waals surface area contributed by atoms with Gasteiger partial charge in [0.25, 0.3) is 0 Å². The molecule has 0 spiro atoms. The fourth-order valence-corrected chi connectivity index (χ4v) is 4.47. The fourth-order valence-electron chi connectivity index (χ4n) is 3.07. The molecule has 162 valence electrons. The molecule has 7 nitrogen and oxygen atoms in total. The molecule has 0 radical (unpaired) electrons. The number of sulfonamides is 1. The lowest BCUT2D eigenvalue weighted by molar-refractivity contribution is -0.116. The van der Waals surface area contributed by atoms with E-state index in [2.05, 4.69) is 21.2 Å². The Bertz CT molecular complexity index is 989. The minimum Gasteiger partial charge on any atom is -0.489 e. The number of hydrogen-bond acceptors (Lipinski definition) is 5. The van der Waals surface area contributed by atoms with Crippen molar-refractivity contribution in [1.29, 1.82) is 0 Å². The Morgan fingerprint density at radius 2 is 2.00 bits per heavy atom. The van der Waals surface area contributed by atoms with Crippen molar-refractivity contribution in [3.05, 3.63) is 52.5 Å². The summed E-state index contributed by atoms with van der Waals surface area (Å²) in [5.74, 6) is 0.0845. The zero-order valence-electron chi connectivity index (χ0n) is 16.9. The lowest BCUT2D eigenvalue weighted by atomic mass is 10.2. The maximum atomic E-state index is 12.7. The van der Waals surface area contributed by atoms with E-state index in [-0.39, 0.29) is 17.5 Å². The summed E-state index contributed by atoms with van der Waals surface area (Å²) in [4.78, 5) is 12.7. The number of carbonyl (C=O) groups is 1. The Morgan fingerprint density at radius 1 is 1.27 bits per heavy atom. The summed E-state index contributed by atoms with van der Waals surface area (Å²) in [6.07, 6.45) is 2.02. The van der Waals surface area contributed by atoms with E-state index in [1.54, 1.807) is 18.2 Å². The number of carbonyl (C=O) groups excluding carboxylic acids is 1. The standard InChI is InChI=1S/C21H25BrN2O5S/c1-15-5-10-19(20(12-15)29-14-17-4-3-11-28-17)23-21(25)13-24(2)30(26,27)18-8-6-16(22)7-9-18/h5-10,12,17H,3-4,11,13-14H2,1-2H3,(H,23,25). The van der Waals surface area contributed by atoms with Crippen LogP contribution < -0.4 is 10.1 Å². The molecular formula is C21H25BrN2O5S. The minimum absolute atomic E-state index is 0.0521. The van der Waals surface area contributed by atoms with Gasteiger partial charge in [-0.05, 0) is 61.7 Å². The van der Waals surface area contributed by atoms with Crippen molar-refractivity contribution >= 4 is 37.5 Å². The van der Waals surface area contributed by atoms with Crippen molar-refractivity contribution in [2.75, 3.05) is 32.1 Å². The van der Waals surface area contributed by atoms with Gasteiger partial charge in [-0.25, -0.2) is 8.42 Å². The van der Waals surface area contributed by atoms with E-state index in [1.165, 1.54) is 19.2 Å². The monoisotopic (exact) mass is 496 g/mol. The lowest BCUT2D eigenvalue weighted by Crippen LogP contribution is -2.35. The van der Waals surface area contributed by atoms with Crippen molar-refractivity contribution in [1.82, 2.24) is 4.31 Å². The van der Waals surface area contributed by atoms with E-state index >= 15 is 0 Å². The number of benzene rings is 2. The van der Waals surface area contributed by atoms with Gasteiger partial charge in [-0.2, -0.15) is 4.31 Å². The highest BCUT2D eigenvalue weighted by Gasteiger charge is 2.23. The Hall–Kier alpha value is -1.94. The average molecular weight is 497 g/mol. The van der Waals surface area contributed by atoms with E-state index in [1.807, 2.05) is 19.1 Å². The molecule has 1 fully saturated rings. The third-order valence-electron chi connectivity index (χ3n) is 4.75. The van der Waals surface area contributed by atoms with E-state index in [4.69, 9.17) is 9.47 Å². The predicted molar refractivity (Wildman–Crippen MR) is 118 cm³/mol. The Balaban J connectivity index is 1.65. The van der Waals surface area contributed by atoms with Gasteiger partial charge >= 0.3 is 0 Å². The summed E-state index contributed by atoms with van der Waals surface area (Å²) < 4.78 is 38.6. The van der Waals surface area contributed by atoms with Crippen LogP contribution in [-0.4, -0.2) is 51.5 Å². The van der Waals surface area contributed by atoms with Gasteiger partial charge in [0.15, 0.2) is 0 Å². The van der Waals surface area contributed by atoms with Gasteiger partial charge in [-0.3, -0.25) is 4.79 Å². The molecule has 2 aromatic carbocycles. The topological polar surface area (TPSA) is 84.9 Å². The van der Waals surface area contributed by atoms with Crippen molar-refractivity contribution in [3.8, 4) is 5.75 Å². The number of aryl methyl sites for hydroxylation is 1. The molecule has 1 amide bonds. The first-order chi connectivity index (χ1) is 14.3. The molecule has 2 aromatic rings. The second-order valence-corrected chi connectivity index (χ2v) is 10.2. The van der Waals surface area contributed by atoms with Crippen LogP contribution in [0.15, 0.2) is 51.8 Å². The average Bonchev–Trinajstić information content (AvgIpc) is 3.22. The molecule has 0 aromatic heterocycles. The number of likely N-dealkylation sites (N-methyl/N-ethyl adjacent to an activating group) is 1. The highest BCUT2D eigenvalue weighted by atomic mass is 79.9. The van der Waals surface area contributed by atoms with Gasteiger partial charge in [0.2, 0.25) is 15.9 Å². The van der Waals surface area contributed by atoms with Crippen LogP contribution in [0.2, 0.25) is 0 Å². The number of rotatable bonds is 8. The molecule has 1 atom stereocenters. The zero-order valence-corrected chi connectivity index (χ0v) is 19.3. The molecule has 3 rings (SSSR count). The largest absolute Gasteiger partial charge is 0.489 e. The van der Waals surface area contributed by atoms with Crippen molar-refractivity contribution in [2.45, 2.75) is 30.8 Å². The molecule has 9 heteroatoms. The van der Waals surface area contributed by atoms with Crippen LogP contribution in [0.4, 0.5) is 5.69 Å². The summed E-state index contributed by atoms with van der Waals surface area (Å²) in [5.41, 5.74) is 1.49. The first kappa shape index (κ1) is 22.7. The number of halogens is 1. The second kappa shape index (κ2) is 9.91. The van der Waals surface area contributed by atoms with Gasteiger partial charge in [-0.15, -0.1) is 0 Å². The first-order valence-corrected chi connectivity index (χ1v) is 11.9. The third kappa shape index (κ3) is 5.81. The van der Waals surface area contributed by atoms with Gasteiger partial charge < -0.3 is 14.8 Å². The molecule has 0 aliphatic carbocycles. The molecule has 30 heavy (non-hydrogen) atoms. The van der Waals surface area contributed by atoms with E-state index in [0.29, 0.717) is 18.0 Å². The second-order valence-electron chi connectivity index (χ2n) is 7.21. The Kier molecular flexibility index (Phi) is 7.51. The van der Waals surface area contributed by atoms with Gasteiger partial charge in [0.05, 0.1) is 23.2 Å². The van der Waals surface area contributed by atoms with Crippen LogP contribution in [0, 0.1) is 6.92 Å². The molecule has 1 saturated heterocycles. The number of nitrogens with one attached hydrogen (secondary N) is 1. The summed E-state index contributed by atoms with van der Waals surface area (Å²) in [6.45, 7) is 2.76. The highest BCUT2D eigenvalue weighted by Crippen LogP contribution is 2.27. The molecule has 0 bridgehead atoms. The summed E-state index contributed by atoms with van der Waals surface area (Å²) in [7, 11) is -2.40. The Morgan fingerprint density at radius 3 is 2.67 bits per heavy atom. The predicted octanol–water partition coefficient (Wildman–Crippen LogP) is 3.57.